The van der Waals surface area contributed by atoms with Gasteiger partial charge in [-0.15, -0.1) is 0 Å². The number of methoxy groups -OCH3 is 1. The molecule has 1 N–H and O–H groups in total. The molecular formula is C29H21ClN2O5. The second-order valence-electron chi connectivity index (χ2n) is 8.26. The van der Waals surface area contributed by atoms with Crippen molar-refractivity contribution in [2.45, 2.75) is 6.61 Å². The first-order chi connectivity index (χ1) is 17.9. The van der Waals surface area contributed by atoms with Gasteiger partial charge in [0.05, 0.1) is 12.8 Å². The van der Waals surface area contributed by atoms with Gasteiger partial charge in [0.2, 0.25) is 0 Å². The Labute approximate surface area is 217 Å². The molecule has 4 amide bonds. The molecule has 7 nitrogen and oxygen atoms in total. The standard InChI is InChI=1S/C29H21ClN2O5/c1-36-23-14-9-19(26(16-23)37-17-20-7-4-6-18-5-2-3-8-24(18)20)15-25-27(33)31-29(35)32(28(25)34)22-12-10-21(30)11-13-22/h2-16H,17H2,1H3,(H,31,33,35)/b25-15+. The van der Waals surface area contributed by atoms with Crippen LogP contribution < -0.4 is 19.7 Å². The van der Waals surface area contributed by atoms with Crippen LogP contribution in [0.3, 0.4) is 0 Å². The summed E-state index contributed by atoms with van der Waals surface area (Å²) in [6.07, 6.45) is 1.41. The lowest BCUT2D eigenvalue weighted by atomic mass is 10.0. The summed E-state index contributed by atoms with van der Waals surface area (Å²) in [6, 6.07) is 24.4. The Kier molecular flexibility index (Phi) is 6.62. The van der Waals surface area contributed by atoms with Crippen LogP contribution in [-0.4, -0.2) is 25.0 Å². The molecule has 5 rings (SSSR count). The van der Waals surface area contributed by atoms with Crippen molar-refractivity contribution in [3.63, 3.8) is 0 Å². The number of carbonyl (C=O) groups is 3. The predicted octanol–water partition coefficient (Wildman–Crippen LogP) is 5.75. The number of amides is 4. The molecule has 1 aliphatic heterocycles. The van der Waals surface area contributed by atoms with Crippen molar-refractivity contribution in [1.82, 2.24) is 5.32 Å². The molecule has 0 aliphatic carbocycles. The number of urea groups is 1. The van der Waals surface area contributed by atoms with Gasteiger partial charge in [-0.25, -0.2) is 9.69 Å². The lowest BCUT2D eigenvalue weighted by Crippen LogP contribution is -2.54. The van der Waals surface area contributed by atoms with E-state index in [1.807, 2.05) is 42.5 Å². The fourth-order valence-electron chi connectivity index (χ4n) is 4.10. The lowest BCUT2D eigenvalue weighted by molar-refractivity contribution is -0.122. The summed E-state index contributed by atoms with van der Waals surface area (Å²) in [7, 11) is 1.54. The number of rotatable bonds is 6. The summed E-state index contributed by atoms with van der Waals surface area (Å²) in [5.74, 6) is -0.592. The van der Waals surface area contributed by atoms with Crippen molar-refractivity contribution >= 4 is 52.0 Å². The first kappa shape index (κ1) is 24.1. The van der Waals surface area contributed by atoms with Gasteiger partial charge in [-0.2, -0.15) is 0 Å². The van der Waals surface area contributed by atoms with Gasteiger partial charge in [0, 0.05) is 16.7 Å². The van der Waals surface area contributed by atoms with Gasteiger partial charge in [-0.1, -0.05) is 54.1 Å². The second kappa shape index (κ2) is 10.2. The minimum absolute atomic E-state index is 0.213. The maximum Gasteiger partial charge on any atom is 0.335 e. The number of halogens is 1. The average Bonchev–Trinajstić information content (AvgIpc) is 2.91. The van der Waals surface area contributed by atoms with Crippen molar-refractivity contribution in [2.75, 3.05) is 12.0 Å². The number of nitrogens with zero attached hydrogens (tertiary/aromatic N) is 1. The maximum absolute atomic E-state index is 13.3. The van der Waals surface area contributed by atoms with Gasteiger partial charge in [0.15, 0.2) is 0 Å². The lowest BCUT2D eigenvalue weighted by Gasteiger charge is -2.26. The van der Waals surface area contributed by atoms with Crippen molar-refractivity contribution in [3.8, 4) is 11.5 Å². The van der Waals surface area contributed by atoms with E-state index in [1.165, 1.54) is 25.3 Å². The van der Waals surface area contributed by atoms with Crippen LogP contribution in [0.15, 0.2) is 90.5 Å². The summed E-state index contributed by atoms with van der Waals surface area (Å²) < 4.78 is 11.5. The third-order valence-corrected chi connectivity index (χ3v) is 6.22. The number of ether oxygens (including phenoxy) is 2. The third kappa shape index (κ3) is 4.90. The summed E-state index contributed by atoms with van der Waals surface area (Å²) in [6.45, 7) is 0.250. The minimum atomic E-state index is -0.836. The zero-order valence-corrected chi connectivity index (χ0v) is 20.5. The molecule has 1 aliphatic rings. The van der Waals surface area contributed by atoms with E-state index < -0.39 is 17.8 Å². The van der Waals surface area contributed by atoms with Gasteiger partial charge in [-0.05, 0) is 58.8 Å². The van der Waals surface area contributed by atoms with E-state index in [4.69, 9.17) is 21.1 Å². The van der Waals surface area contributed by atoms with Crippen LogP contribution in [0.25, 0.3) is 16.8 Å². The Balaban J connectivity index is 1.49. The SMILES string of the molecule is COc1ccc(/C=C2\C(=O)NC(=O)N(c3ccc(Cl)cc3)C2=O)c(OCc2cccc3ccccc23)c1. The van der Waals surface area contributed by atoms with Crippen LogP contribution in [0.4, 0.5) is 10.5 Å². The van der Waals surface area contributed by atoms with Crippen LogP contribution >= 0.6 is 11.6 Å². The zero-order valence-electron chi connectivity index (χ0n) is 19.7. The van der Waals surface area contributed by atoms with Crippen molar-refractivity contribution in [1.29, 1.82) is 0 Å². The van der Waals surface area contributed by atoms with Crippen molar-refractivity contribution in [3.05, 3.63) is 107 Å². The molecule has 4 aromatic rings. The van der Waals surface area contributed by atoms with E-state index in [0.717, 1.165) is 21.2 Å². The molecule has 1 saturated heterocycles. The summed E-state index contributed by atoms with van der Waals surface area (Å²) >= 11 is 5.94. The number of carbonyl (C=O) groups excluding carboxylic acids is 3. The Morgan fingerprint density at radius 1 is 0.919 bits per heavy atom. The minimum Gasteiger partial charge on any atom is -0.497 e. The average molecular weight is 513 g/mol. The molecule has 0 aromatic heterocycles. The normalized spacial score (nSPS) is 14.7. The number of benzene rings is 4. The summed E-state index contributed by atoms with van der Waals surface area (Å²) in [4.78, 5) is 39.3. The number of nitrogens with one attached hydrogen (secondary N) is 1. The van der Waals surface area contributed by atoms with Gasteiger partial charge >= 0.3 is 6.03 Å². The largest absolute Gasteiger partial charge is 0.497 e. The third-order valence-electron chi connectivity index (χ3n) is 5.97. The quantitative estimate of drug-likeness (QED) is 0.263. The van der Waals surface area contributed by atoms with Gasteiger partial charge in [0.25, 0.3) is 11.8 Å². The molecular weight excluding hydrogens is 492 g/mol. The van der Waals surface area contributed by atoms with Crippen molar-refractivity contribution in [2.24, 2.45) is 0 Å². The van der Waals surface area contributed by atoms with Gasteiger partial charge in [-0.3, -0.25) is 14.9 Å². The first-order valence-corrected chi connectivity index (χ1v) is 11.8. The molecule has 184 valence electrons. The Morgan fingerprint density at radius 3 is 2.46 bits per heavy atom. The molecule has 0 bridgehead atoms. The highest BCUT2D eigenvalue weighted by Crippen LogP contribution is 2.30. The molecule has 4 aromatic carbocycles. The topological polar surface area (TPSA) is 84.9 Å². The smallest absolute Gasteiger partial charge is 0.335 e. The molecule has 0 atom stereocenters. The number of hydrogen-bond acceptors (Lipinski definition) is 5. The number of fused-ring (bicyclic) bond motifs is 1. The molecule has 1 heterocycles. The number of barbiturate groups is 1. The molecule has 0 saturated carbocycles. The maximum atomic E-state index is 13.3. The highest BCUT2D eigenvalue weighted by Gasteiger charge is 2.37. The van der Waals surface area contributed by atoms with Crippen LogP contribution in [-0.2, 0) is 16.2 Å². The van der Waals surface area contributed by atoms with E-state index in [9.17, 15) is 14.4 Å². The van der Waals surface area contributed by atoms with Gasteiger partial charge < -0.3 is 9.47 Å². The fourth-order valence-corrected chi connectivity index (χ4v) is 4.22. The Bertz CT molecular complexity index is 1560. The van der Waals surface area contributed by atoms with Crippen LogP contribution in [0.2, 0.25) is 5.02 Å². The van der Waals surface area contributed by atoms with Crippen LogP contribution in [0.5, 0.6) is 11.5 Å². The molecule has 8 heteroatoms. The zero-order chi connectivity index (χ0) is 25.9. The first-order valence-electron chi connectivity index (χ1n) is 11.4. The molecule has 1 fully saturated rings. The van der Waals surface area contributed by atoms with E-state index in [0.29, 0.717) is 22.1 Å². The number of anilines is 1. The molecule has 0 unspecified atom stereocenters. The van der Waals surface area contributed by atoms with Crippen LogP contribution in [0, 0.1) is 0 Å². The molecule has 0 radical (unpaired) electrons. The number of hydrogen-bond donors (Lipinski definition) is 1. The number of imide groups is 2. The fraction of sp³-hybridized carbons (Fsp3) is 0.0690. The monoisotopic (exact) mass is 512 g/mol. The van der Waals surface area contributed by atoms with E-state index in [2.05, 4.69) is 5.32 Å². The molecule has 37 heavy (non-hydrogen) atoms. The summed E-state index contributed by atoms with van der Waals surface area (Å²) in [5, 5.41) is 4.83. The summed E-state index contributed by atoms with van der Waals surface area (Å²) in [5.41, 5.74) is 1.53. The van der Waals surface area contributed by atoms with Crippen molar-refractivity contribution < 1.29 is 23.9 Å². The second-order valence-corrected chi connectivity index (χ2v) is 8.70. The molecule has 0 spiro atoms. The predicted molar refractivity (Wildman–Crippen MR) is 142 cm³/mol. The van der Waals surface area contributed by atoms with E-state index >= 15 is 0 Å². The Hall–Kier alpha value is -4.62. The van der Waals surface area contributed by atoms with E-state index in [1.54, 1.807) is 30.3 Å². The highest BCUT2D eigenvalue weighted by molar-refractivity contribution is 6.39. The van der Waals surface area contributed by atoms with Crippen LogP contribution in [0.1, 0.15) is 11.1 Å². The Morgan fingerprint density at radius 2 is 1.68 bits per heavy atom. The highest BCUT2D eigenvalue weighted by atomic mass is 35.5. The van der Waals surface area contributed by atoms with E-state index in [-0.39, 0.29) is 17.9 Å². The van der Waals surface area contributed by atoms with Gasteiger partial charge in [0.1, 0.15) is 23.7 Å².